The fourth-order valence-electron chi connectivity index (χ4n) is 1.92. The van der Waals surface area contributed by atoms with Crippen molar-refractivity contribution in [2.45, 2.75) is 46.2 Å². The van der Waals surface area contributed by atoms with Gasteiger partial charge in [-0.1, -0.05) is 32.0 Å². The lowest BCUT2D eigenvalue weighted by Gasteiger charge is -2.21. The van der Waals surface area contributed by atoms with Crippen LogP contribution in [0.3, 0.4) is 0 Å². The summed E-state index contributed by atoms with van der Waals surface area (Å²) in [5.41, 5.74) is 1.90. The van der Waals surface area contributed by atoms with E-state index < -0.39 is 5.67 Å². The topological polar surface area (TPSA) is 0 Å². The first-order valence-corrected chi connectivity index (χ1v) is 5.13. The lowest BCUT2D eigenvalue weighted by Crippen LogP contribution is -2.12. The molecule has 1 aromatic carbocycles. The highest BCUT2D eigenvalue weighted by Gasteiger charge is 2.22. The van der Waals surface area contributed by atoms with Gasteiger partial charge in [-0.05, 0) is 43.4 Å². The van der Waals surface area contributed by atoms with E-state index in [4.69, 9.17) is 0 Å². The summed E-state index contributed by atoms with van der Waals surface area (Å²) >= 11 is 0. The summed E-state index contributed by atoms with van der Waals surface area (Å²) in [6.07, 6.45) is 0. The van der Waals surface area contributed by atoms with Gasteiger partial charge in [0, 0.05) is 0 Å². The molecule has 14 heavy (non-hydrogen) atoms. The minimum absolute atomic E-state index is 0.456. The highest BCUT2D eigenvalue weighted by atomic mass is 19.1. The van der Waals surface area contributed by atoms with Crippen LogP contribution in [0.5, 0.6) is 0 Å². The van der Waals surface area contributed by atoms with E-state index in [2.05, 4.69) is 19.9 Å². The van der Waals surface area contributed by atoms with Crippen molar-refractivity contribution in [1.82, 2.24) is 0 Å². The van der Waals surface area contributed by atoms with Crippen molar-refractivity contribution in [2.75, 3.05) is 0 Å². The molecule has 0 heterocycles. The van der Waals surface area contributed by atoms with E-state index in [-0.39, 0.29) is 0 Å². The Balaban J connectivity index is 3.28. The van der Waals surface area contributed by atoms with Crippen LogP contribution >= 0.6 is 0 Å². The van der Waals surface area contributed by atoms with Crippen LogP contribution in [-0.2, 0) is 5.67 Å². The molecular formula is C13H19F. The normalized spacial score (nSPS) is 12.2. The molecule has 0 amide bonds. The van der Waals surface area contributed by atoms with Crippen molar-refractivity contribution in [3.05, 3.63) is 34.9 Å². The van der Waals surface area contributed by atoms with E-state index in [9.17, 15) is 4.39 Å². The molecule has 78 valence electrons. The Hall–Kier alpha value is -0.850. The lowest BCUT2D eigenvalue weighted by atomic mass is 9.88. The molecule has 0 aliphatic carbocycles. The molecule has 0 spiro atoms. The number of halogens is 1. The van der Waals surface area contributed by atoms with Gasteiger partial charge in [-0.2, -0.15) is 0 Å². The number of hydrogen-bond donors (Lipinski definition) is 0. The molecule has 0 bridgehead atoms. The maximum atomic E-state index is 13.8. The third-order valence-corrected chi connectivity index (χ3v) is 2.64. The Morgan fingerprint density at radius 3 is 2.21 bits per heavy atom. The molecule has 0 aliphatic rings. The van der Waals surface area contributed by atoms with Gasteiger partial charge >= 0.3 is 0 Å². The third-order valence-electron chi connectivity index (χ3n) is 2.64. The molecular weight excluding hydrogens is 175 g/mol. The van der Waals surface area contributed by atoms with E-state index >= 15 is 0 Å². The summed E-state index contributed by atoms with van der Waals surface area (Å²) in [7, 11) is 0. The van der Waals surface area contributed by atoms with E-state index in [1.807, 2.05) is 19.1 Å². The molecule has 1 aromatic rings. The Bertz CT molecular complexity index is 318. The van der Waals surface area contributed by atoms with Crippen LogP contribution in [0.15, 0.2) is 18.2 Å². The standard InChI is InChI=1S/C13H19F/c1-9(2)11-7-6-8-12(10(11)3)13(4,5)14/h6-9H,1-5H3. The van der Waals surface area contributed by atoms with Gasteiger partial charge in [0.25, 0.3) is 0 Å². The van der Waals surface area contributed by atoms with Gasteiger partial charge in [0.2, 0.25) is 0 Å². The number of benzene rings is 1. The molecule has 0 aliphatic heterocycles. The summed E-state index contributed by atoms with van der Waals surface area (Å²) < 4.78 is 13.8. The van der Waals surface area contributed by atoms with E-state index in [0.717, 1.165) is 11.1 Å². The fraction of sp³-hybridized carbons (Fsp3) is 0.538. The van der Waals surface area contributed by atoms with Gasteiger partial charge in [-0.3, -0.25) is 0 Å². The monoisotopic (exact) mass is 194 g/mol. The lowest BCUT2D eigenvalue weighted by molar-refractivity contribution is 0.220. The molecule has 1 heteroatoms. The van der Waals surface area contributed by atoms with Crippen LogP contribution in [-0.4, -0.2) is 0 Å². The molecule has 0 nitrogen and oxygen atoms in total. The van der Waals surface area contributed by atoms with Crippen LogP contribution < -0.4 is 0 Å². The van der Waals surface area contributed by atoms with Crippen LogP contribution in [0.25, 0.3) is 0 Å². The quantitative estimate of drug-likeness (QED) is 0.657. The van der Waals surface area contributed by atoms with Crippen molar-refractivity contribution < 1.29 is 4.39 Å². The zero-order chi connectivity index (χ0) is 10.9. The second-order valence-corrected chi connectivity index (χ2v) is 4.65. The van der Waals surface area contributed by atoms with Crippen LogP contribution in [0, 0.1) is 6.92 Å². The van der Waals surface area contributed by atoms with Crippen molar-refractivity contribution in [2.24, 2.45) is 0 Å². The van der Waals surface area contributed by atoms with Gasteiger partial charge in [0.05, 0.1) is 0 Å². The molecule has 0 saturated carbocycles. The highest BCUT2D eigenvalue weighted by molar-refractivity contribution is 5.38. The first kappa shape index (κ1) is 11.2. The van der Waals surface area contributed by atoms with Crippen LogP contribution in [0.1, 0.15) is 50.3 Å². The summed E-state index contributed by atoms with van der Waals surface area (Å²) in [5.74, 6) is 0.456. The maximum absolute atomic E-state index is 13.8. The minimum Gasteiger partial charge on any atom is -0.239 e. The second kappa shape index (κ2) is 3.72. The zero-order valence-corrected chi connectivity index (χ0v) is 9.69. The summed E-state index contributed by atoms with van der Waals surface area (Å²) in [5, 5.41) is 0. The van der Waals surface area contributed by atoms with E-state index in [1.54, 1.807) is 13.8 Å². The van der Waals surface area contributed by atoms with Crippen molar-refractivity contribution in [1.29, 1.82) is 0 Å². The third kappa shape index (κ3) is 2.14. The zero-order valence-electron chi connectivity index (χ0n) is 9.69. The molecule has 0 unspecified atom stereocenters. The van der Waals surface area contributed by atoms with Crippen molar-refractivity contribution in [3.63, 3.8) is 0 Å². The first-order valence-electron chi connectivity index (χ1n) is 5.13. The minimum atomic E-state index is -1.24. The number of alkyl halides is 1. The average Bonchev–Trinajstić information content (AvgIpc) is 2.01. The largest absolute Gasteiger partial charge is 0.239 e. The Morgan fingerprint density at radius 2 is 1.79 bits per heavy atom. The number of hydrogen-bond acceptors (Lipinski definition) is 0. The van der Waals surface area contributed by atoms with Gasteiger partial charge in [0.1, 0.15) is 5.67 Å². The maximum Gasteiger partial charge on any atom is 0.130 e. The van der Waals surface area contributed by atoms with Crippen LogP contribution in [0.2, 0.25) is 0 Å². The smallest absolute Gasteiger partial charge is 0.130 e. The Kier molecular flexibility index (Phi) is 2.98. The molecule has 0 N–H and O–H groups in total. The summed E-state index contributed by atoms with van der Waals surface area (Å²) in [4.78, 5) is 0. The average molecular weight is 194 g/mol. The molecule has 0 saturated heterocycles. The second-order valence-electron chi connectivity index (χ2n) is 4.65. The van der Waals surface area contributed by atoms with E-state index in [1.165, 1.54) is 5.56 Å². The van der Waals surface area contributed by atoms with E-state index in [0.29, 0.717) is 5.92 Å². The molecule has 0 atom stereocenters. The van der Waals surface area contributed by atoms with Gasteiger partial charge in [0.15, 0.2) is 0 Å². The fourth-order valence-corrected chi connectivity index (χ4v) is 1.92. The van der Waals surface area contributed by atoms with Gasteiger partial charge in [-0.25, -0.2) is 4.39 Å². The Morgan fingerprint density at radius 1 is 1.21 bits per heavy atom. The molecule has 0 aromatic heterocycles. The highest BCUT2D eigenvalue weighted by Crippen LogP contribution is 2.31. The van der Waals surface area contributed by atoms with Crippen molar-refractivity contribution >= 4 is 0 Å². The number of rotatable bonds is 2. The Labute approximate surface area is 86.2 Å². The SMILES string of the molecule is Cc1c(C(C)C)cccc1C(C)(C)F. The first-order chi connectivity index (χ1) is 6.34. The predicted octanol–water partition coefficient (Wildman–Crippen LogP) is 4.32. The van der Waals surface area contributed by atoms with Crippen LogP contribution in [0.4, 0.5) is 4.39 Å². The predicted molar refractivity (Wildman–Crippen MR) is 59.4 cm³/mol. The van der Waals surface area contributed by atoms with Crippen molar-refractivity contribution in [3.8, 4) is 0 Å². The van der Waals surface area contributed by atoms with Gasteiger partial charge < -0.3 is 0 Å². The van der Waals surface area contributed by atoms with Gasteiger partial charge in [-0.15, -0.1) is 0 Å². The molecule has 1 rings (SSSR count). The summed E-state index contributed by atoms with van der Waals surface area (Å²) in [6.45, 7) is 9.50. The molecule has 0 fully saturated rings. The summed E-state index contributed by atoms with van der Waals surface area (Å²) in [6, 6.07) is 5.90. The molecule has 0 radical (unpaired) electrons.